The van der Waals surface area contributed by atoms with Crippen LogP contribution in [0.2, 0.25) is 0 Å². The molecular formula is C29H29FN6O4. The third kappa shape index (κ3) is 5.14. The van der Waals surface area contributed by atoms with Crippen LogP contribution in [0.5, 0.6) is 0 Å². The van der Waals surface area contributed by atoms with Gasteiger partial charge in [0.15, 0.2) is 5.82 Å². The molecule has 0 aliphatic heterocycles. The van der Waals surface area contributed by atoms with Gasteiger partial charge in [0.25, 0.3) is 11.4 Å². The van der Waals surface area contributed by atoms with Crippen LogP contribution in [0.1, 0.15) is 48.8 Å². The summed E-state index contributed by atoms with van der Waals surface area (Å²) >= 11 is 0. The fraction of sp³-hybridized carbons (Fsp3) is 0.310. The number of nitrogens with one attached hydrogen (secondary N) is 2. The lowest BCUT2D eigenvalue weighted by molar-refractivity contribution is -0.122. The summed E-state index contributed by atoms with van der Waals surface area (Å²) in [4.78, 5) is 43.9. The highest BCUT2D eigenvalue weighted by Gasteiger charge is 2.51. The molecule has 0 radical (unpaired) electrons. The molecule has 2 aromatic heterocycles. The van der Waals surface area contributed by atoms with E-state index in [1.807, 2.05) is 30.3 Å². The fourth-order valence-electron chi connectivity index (χ4n) is 4.72. The van der Waals surface area contributed by atoms with Crippen molar-refractivity contribution < 1.29 is 18.4 Å². The lowest BCUT2D eigenvalue weighted by atomic mass is 9.96. The summed E-state index contributed by atoms with van der Waals surface area (Å²) in [5.41, 5.74) is 1.00. The van der Waals surface area contributed by atoms with E-state index in [2.05, 4.69) is 25.8 Å². The standard InChI is InChI=1S/C29H29FN6O4/c1-17(2)23(24(38)26-34-35-28(40-26)29(13-14-29)19-9-11-20(30)12-10-19)33-22(37)16-36-21(18-7-5-4-6-8-18)15-32-25(31-3)27(36)39/h4-12,15,17,23H,13-14,16H2,1-3H3,(H,31,32)(H,33,37)/t23-/m0/s1. The first kappa shape index (κ1) is 26.9. The average Bonchev–Trinajstić information content (AvgIpc) is 3.61. The number of hydrogen-bond donors (Lipinski definition) is 2. The number of hydrogen-bond acceptors (Lipinski definition) is 8. The molecule has 1 aliphatic carbocycles. The van der Waals surface area contributed by atoms with Crippen LogP contribution in [-0.2, 0) is 16.8 Å². The van der Waals surface area contributed by atoms with Crippen molar-refractivity contribution in [1.29, 1.82) is 0 Å². The highest BCUT2D eigenvalue weighted by Crippen LogP contribution is 2.52. The van der Waals surface area contributed by atoms with Crippen LogP contribution in [-0.4, -0.2) is 44.5 Å². The van der Waals surface area contributed by atoms with Crippen molar-refractivity contribution in [3.8, 4) is 11.3 Å². The number of nitrogens with zero attached hydrogens (tertiary/aromatic N) is 4. The Hall–Kier alpha value is -4.67. The van der Waals surface area contributed by atoms with E-state index in [4.69, 9.17) is 4.42 Å². The number of benzene rings is 2. The van der Waals surface area contributed by atoms with Crippen molar-refractivity contribution in [3.05, 3.63) is 94.3 Å². The lowest BCUT2D eigenvalue weighted by Crippen LogP contribution is -2.46. The summed E-state index contributed by atoms with van der Waals surface area (Å²) in [6, 6.07) is 14.3. The van der Waals surface area contributed by atoms with Gasteiger partial charge in [0.2, 0.25) is 17.6 Å². The Kier molecular flexibility index (Phi) is 7.29. The van der Waals surface area contributed by atoms with Crippen molar-refractivity contribution in [3.63, 3.8) is 0 Å². The van der Waals surface area contributed by atoms with Crippen LogP contribution in [0.25, 0.3) is 11.3 Å². The van der Waals surface area contributed by atoms with Crippen molar-refractivity contribution in [2.45, 2.75) is 44.7 Å². The second-order valence-electron chi connectivity index (χ2n) is 10.2. The number of ketones is 1. The number of Topliss-reactive ketones (excluding diaryl/α,β-unsaturated/α-hetero) is 1. The zero-order valence-electron chi connectivity index (χ0n) is 22.3. The van der Waals surface area contributed by atoms with Crippen LogP contribution in [0.4, 0.5) is 10.2 Å². The van der Waals surface area contributed by atoms with Crippen LogP contribution in [0.3, 0.4) is 0 Å². The number of aromatic nitrogens is 4. The topological polar surface area (TPSA) is 132 Å². The summed E-state index contributed by atoms with van der Waals surface area (Å²) in [5, 5.41) is 13.6. The number of amides is 1. The molecule has 0 spiro atoms. The van der Waals surface area contributed by atoms with E-state index in [1.165, 1.54) is 22.9 Å². The molecule has 0 saturated heterocycles. The van der Waals surface area contributed by atoms with Gasteiger partial charge >= 0.3 is 0 Å². The molecule has 11 heteroatoms. The normalized spacial score (nSPS) is 14.5. The lowest BCUT2D eigenvalue weighted by Gasteiger charge is -2.21. The Labute approximate surface area is 229 Å². The van der Waals surface area contributed by atoms with Gasteiger partial charge in [0, 0.05) is 7.05 Å². The summed E-state index contributed by atoms with van der Waals surface area (Å²) in [7, 11) is 1.57. The largest absolute Gasteiger partial charge is 0.417 e. The van der Waals surface area contributed by atoms with Gasteiger partial charge in [0.1, 0.15) is 12.4 Å². The highest BCUT2D eigenvalue weighted by molar-refractivity contribution is 5.98. The van der Waals surface area contributed by atoms with Crippen LogP contribution < -0.4 is 16.2 Å². The Morgan fingerprint density at radius 3 is 2.40 bits per heavy atom. The zero-order valence-corrected chi connectivity index (χ0v) is 22.3. The fourth-order valence-corrected chi connectivity index (χ4v) is 4.72. The minimum absolute atomic E-state index is 0.0949. The Bertz CT molecular complexity index is 1590. The summed E-state index contributed by atoms with van der Waals surface area (Å²) in [5.74, 6) is -1.56. The number of carbonyl (C=O) groups excluding carboxylic acids is 2. The van der Waals surface area contributed by atoms with Crippen molar-refractivity contribution in [1.82, 2.24) is 25.1 Å². The molecule has 1 aliphatic rings. The first-order chi connectivity index (χ1) is 19.2. The molecule has 206 valence electrons. The van der Waals surface area contributed by atoms with Gasteiger partial charge in [-0.3, -0.25) is 19.0 Å². The minimum atomic E-state index is -0.969. The Balaban J connectivity index is 1.37. The van der Waals surface area contributed by atoms with Gasteiger partial charge in [-0.25, -0.2) is 9.37 Å². The number of rotatable bonds is 10. The van der Waals surface area contributed by atoms with Crippen LogP contribution in [0, 0.1) is 11.7 Å². The summed E-state index contributed by atoms with van der Waals surface area (Å²) < 4.78 is 20.6. The van der Waals surface area contributed by atoms with Crippen LogP contribution >= 0.6 is 0 Å². The molecule has 1 amide bonds. The molecule has 10 nitrogen and oxygen atoms in total. The number of halogens is 1. The molecular weight excluding hydrogens is 515 g/mol. The van der Waals surface area contributed by atoms with E-state index >= 15 is 0 Å². The maximum Gasteiger partial charge on any atom is 0.294 e. The van der Waals surface area contributed by atoms with Gasteiger partial charge in [-0.1, -0.05) is 56.3 Å². The molecule has 2 N–H and O–H groups in total. The second kappa shape index (κ2) is 10.8. The quantitative estimate of drug-likeness (QED) is 0.290. The first-order valence-electron chi connectivity index (χ1n) is 13.0. The van der Waals surface area contributed by atoms with Gasteiger partial charge in [-0.2, -0.15) is 0 Å². The van der Waals surface area contributed by atoms with Gasteiger partial charge < -0.3 is 15.1 Å². The SMILES string of the molecule is CNc1ncc(-c2ccccc2)n(CC(=O)N[C@H](C(=O)c2nnc(C3(c4ccc(F)cc4)CC3)o2)C(C)C)c1=O. The summed E-state index contributed by atoms with van der Waals surface area (Å²) in [6.07, 6.45) is 2.99. The highest BCUT2D eigenvalue weighted by atomic mass is 19.1. The number of anilines is 1. The molecule has 2 aromatic carbocycles. The van der Waals surface area contributed by atoms with E-state index in [1.54, 1.807) is 33.0 Å². The number of carbonyl (C=O) groups is 2. The van der Waals surface area contributed by atoms with Crippen molar-refractivity contribution in [2.24, 2.45) is 5.92 Å². The molecule has 1 saturated carbocycles. The maximum absolute atomic E-state index is 13.4. The first-order valence-corrected chi connectivity index (χ1v) is 13.0. The predicted molar refractivity (Wildman–Crippen MR) is 145 cm³/mol. The Morgan fingerprint density at radius 1 is 1.07 bits per heavy atom. The Morgan fingerprint density at radius 2 is 1.77 bits per heavy atom. The predicted octanol–water partition coefficient (Wildman–Crippen LogP) is 3.58. The van der Waals surface area contributed by atoms with E-state index < -0.39 is 28.7 Å². The second-order valence-corrected chi connectivity index (χ2v) is 10.2. The molecule has 40 heavy (non-hydrogen) atoms. The van der Waals surface area contributed by atoms with E-state index in [9.17, 15) is 18.8 Å². The third-order valence-corrected chi connectivity index (χ3v) is 7.12. The average molecular weight is 545 g/mol. The monoisotopic (exact) mass is 544 g/mol. The third-order valence-electron chi connectivity index (χ3n) is 7.12. The molecule has 1 fully saturated rings. The molecule has 0 unspecified atom stereocenters. The van der Waals surface area contributed by atoms with Crippen molar-refractivity contribution >= 4 is 17.5 Å². The van der Waals surface area contributed by atoms with E-state index in [-0.39, 0.29) is 35.9 Å². The molecule has 4 aromatic rings. The molecule has 5 rings (SSSR count). The van der Waals surface area contributed by atoms with Gasteiger partial charge in [-0.05, 0) is 42.0 Å². The van der Waals surface area contributed by atoms with Crippen LogP contribution in [0.15, 0.2) is 70.0 Å². The van der Waals surface area contributed by atoms with Crippen molar-refractivity contribution in [2.75, 3.05) is 12.4 Å². The van der Waals surface area contributed by atoms with Gasteiger partial charge in [-0.15, -0.1) is 10.2 Å². The van der Waals surface area contributed by atoms with Gasteiger partial charge in [0.05, 0.1) is 23.3 Å². The summed E-state index contributed by atoms with van der Waals surface area (Å²) in [6.45, 7) is 3.24. The molecule has 2 heterocycles. The zero-order chi connectivity index (χ0) is 28.4. The molecule has 0 bridgehead atoms. The van der Waals surface area contributed by atoms with E-state index in [0.29, 0.717) is 11.3 Å². The molecule has 1 atom stereocenters. The maximum atomic E-state index is 13.4. The van der Waals surface area contributed by atoms with E-state index in [0.717, 1.165) is 18.4 Å². The smallest absolute Gasteiger partial charge is 0.294 e. The minimum Gasteiger partial charge on any atom is -0.417 e.